The first-order chi connectivity index (χ1) is 8.92. The van der Waals surface area contributed by atoms with E-state index in [1.165, 1.54) is 0 Å². The lowest BCUT2D eigenvalue weighted by Gasteiger charge is -2.16. The predicted molar refractivity (Wildman–Crippen MR) is 75.4 cm³/mol. The maximum Gasteiger partial charge on any atom is 0.242 e. The van der Waals surface area contributed by atoms with E-state index in [2.05, 4.69) is 30.9 Å². The van der Waals surface area contributed by atoms with Crippen molar-refractivity contribution in [2.24, 2.45) is 0 Å². The molecule has 0 saturated heterocycles. The summed E-state index contributed by atoms with van der Waals surface area (Å²) in [6, 6.07) is -0.383. The van der Waals surface area contributed by atoms with Crippen LogP contribution >= 0.6 is 11.6 Å². The first-order valence-corrected chi connectivity index (χ1v) is 6.52. The van der Waals surface area contributed by atoms with E-state index in [9.17, 15) is 4.79 Å². The quantitative estimate of drug-likeness (QED) is 0.730. The molecule has 106 valence electrons. The van der Waals surface area contributed by atoms with Crippen molar-refractivity contribution >= 4 is 29.4 Å². The minimum Gasteiger partial charge on any atom is -0.354 e. The highest BCUT2D eigenvalue weighted by Crippen LogP contribution is 2.10. The van der Waals surface area contributed by atoms with E-state index < -0.39 is 6.04 Å². The largest absolute Gasteiger partial charge is 0.354 e. The molecule has 7 nitrogen and oxygen atoms in total. The molecule has 0 radical (unpaired) electrons. The number of nitrogens with zero attached hydrogens (tertiary/aromatic N) is 3. The SMILES string of the molecule is CCNc1nc(Cl)nc(NC(C)C(=O)NC(C)C)n1. The van der Waals surface area contributed by atoms with Crippen LogP contribution in [0.3, 0.4) is 0 Å². The van der Waals surface area contributed by atoms with Gasteiger partial charge in [-0.05, 0) is 39.3 Å². The Morgan fingerprint density at radius 2 is 1.84 bits per heavy atom. The molecule has 8 heteroatoms. The Balaban J connectivity index is 2.73. The molecule has 1 aromatic heterocycles. The lowest BCUT2D eigenvalue weighted by atomic mass is 10.3. The summed E-state index contributed by atoms with van der Waals surface area (Å²) in [6.07, 6.45) is 0. The molecule has 0 fully saturated rings. The number of hydrogen-bond acceptors (Lipinski definition) is 6. The average Bonchev–Trinajstić information content (AvgIpc) is 2.27. The van der Waals surface area contributed by atoms with Gasteiger partial charge in [0.05, 0.1) is 0 Å². The van der Waals surface area contributed by atoms with Gasteiger partial charge in [-0.15, -0.1) is 0 Å². The summed E-state index contributed by atoms with van der Waals surface area (Å²) in [5.74, 6) is 0.514. The van der Waals surface area contributed by atoms with Crippen LogP contribution in [0.1, 0.15) is 27.7 Å². The zero-order chi connectivity index (χ0) is 14.4. The van der Waals surface area contributed by atoms with Gasteiger partial charge in [0, 0.05) is 12.6 Å². The number of rotatable bonds is 6. The lowest BCUT2D eigenvalue weighted by molar-refractivity contribution is -0.122. The summed E-state index contributed by atoms with van der Waals surface area (Å²) in [5, 5.41) is 8.69. The fourth-order valence-corrected chi connectivity index (χ4v) is 1.48. The maximum atomic E-state index is 11.8. The molecule has 1 rings (SSSR count). The highest BCUT2D eigenvalue weighted by molar-refractivity contribution is 6.28. The van der Waals surface area contributed by atoms with E-state index in [0.29, 0.717) is 12.5 Å². The summed E-state index contributed by atoms with van der Waals surface area (Å²) in [4.78, 5) is 23.7. The fraction of sp³-hybridized carbons (Fsp3) is 0.636. The second kappa shape index (κ2) is 7.08. The number of halogens is 1. The molecule has 0 spiro atoms. The fourth-order valence-electron chi connectivity index (χ4n) is 1.32. The Bertz CT molecular complexity index is 439. The van der Waals surface area contributed by atoms with Crippen molar-refractivity contribution in [3.05, 3.63) is 5.28 Å². The molecule has 1 unspecified atom stereocenters. The summed E-state index contributed by atoms with van der Waals surface area (Å²) in [6.45, 7) is 8.11. The maximum absolute atomic E-state index is 11.8. The number of aromatic nitrogens is 3. The van der Waals surface area contributed by atoms with E-state index in [1.807, 2.05) is 20.8 Å². The minimum atomic E-state index is -0.463. The molecular formula is C11H19ClN6O. The number of hydrogen-bond donors (Lipinski definition) is 3. The highest BCUT2D eigenvalue weighted by atomic mass is 35.5. The molecule has 1 aromatic rings. The lowest BCUT2D eigenvalue weighted by Crippen LogP contribution is -2.41. The molecule has 0 aliphatic carbocycles. The molecule has 3 N–H and O–H groups in total. The summed E-state index contributed by atoms with van der Waals surface area (Å²) in [7, 11) is 0. The molecule has 1 heterocycles. The molecule has 19 heavy (non-hydrogen) atoms. The first-order valence-electron chi connectivity index (χ1n) is 6.14. The number of nitrogens with one attached hydrogen (secondary N) is 3. The Labute approximate surface area is 117 Å². The third kappa shape index (κ3) is 5.25. The van der Waals surface area contributed by atoms with E-state index >= 15 is 0 Å². The Hall–Kier alpha value is -1.63. The van der Waals surface area contributed by atoms with Gasteiger partial charge in [-0.3, -0.25) is 4.79 Å². The second-order valence-corrected chi connectivity index (χ2v) is 4.65. The normalized spacial score (nSPS) is 12.1. The van der Waals surface area contributed by atoms with Gasteiger partial charge in [0.2, 0.25) is 23.1 Å². The molecule has 1 amide bonds. The molecule has 0 aliphatic heterocycles. The average molecular weight is 287 g/mol. The van der Waals surface area contributed by atoms with Crippen molar-refractivity contribution in [3.63, 3.8) is 0 Å². The van der Waals surface area contributed by atoms with Crippen LogP contribution in [-0.4, -0.2) is 39.5 Å². The minimum absolute atomic E-state index is 0.0740. The third-order valence-corrected chi connectivity index (χ3v) is 2.28. The van der Waals surface area contributed by atoms with Crippen LogP contribution < -0.4 is 16.0 Å². The summed E-state index contributed by atoms with van der Waals surface area (Å²) in [5.41, 5.74) is 0. The van der Waals surface area contributed by atoms with Crippen LogP contribution in [0.2, 0.25) is 5.28 Å². The van der Waals surface area contributed by atoms with Crippen molar-refractivity contribution in [3.8, 4) is 0 Å². The first kappa shape index (κ1) is 15.4. The van der Waals surface area contributed by atoms with Crippen molar-refractivity contribution in [1.82, 2.24) is 20.3 Å². The van der Waals surface area contributed by atoms with Crippen LogP contribution in [0.15, 0.2) is 0 Å². The van der Waals surface area contributed by atoms with Crippen LogP contribution in [0, 0.1) is 0 Å². The number of amides is 1. The van der Waals surface area contributed by atoms with Gasteiger partial charge in [-0.25, -0.2) is 0 Å². The molecule has 0 aliphatic rings. The Morgan fingerprint density at radius 1 is 1.21 bits per heavy atom. The van der Waals surface area contributed by atoms with E-state index in [4.69, 9.17) is 11.6 Å². The number of anilines is 2. The molecule has 0 aromatic carbocycles. The van der Waals surface area contributed by atoms with Crippen LogP contribution in [-0.2, 0) is 4.79 Å². The van der Waals surface area contributed by atoms with E-state index in [0.717, 1.165) is 0 Å². The van der Waals surface area contributed by atoms with Gasteiger partial charge in [0.15, 0.2) is 0 Å². The molecule has 0 saturated carbocycles. The van der Waals surface area contributed by atoms with E-state index in [-0.39, 0.29) is 23.2 Å². The smallest absolute Gasteiger partial charge is 0.242 e. The Morgan fingerprint density at radius 3 is 2.42 bits per heavy atom. The molecule has 0 bridgehead atoms. The van der Waals surface area contributed by atoms with Gasteiger partial charge in [0.1, 0.15) is 6.04 Å². The number of carbonyl (C=O) groups is 1. The monoisotopic (exact) mass is 286 g/mol. The highest BCUT2D eigenvalue weighted by Gasteiger charge is 2.15. The van der Waals surface area contributed by atoms with Crippen molar-refractivity contribution in [2.45, 2.75) is 39.8 Å². The van der Waals surface area contributed by atoms with E-state index in [1.54, 1.807) is 6.92 Å². The topological polar surface area (TPSA) is 91.8 Å². The second-order valence-electron chi connectivity index (χ2n) is 4.31. The predicted octanol–water partition coefficient (Wildman–Crippen LogP) is 1.28. The van der Waals surface area contributed by atoms with Crippen molar-refractivity contribution in [2.75, 3.05) is 17.2 Å². The number of carbonyl (C=O) groups excluding carboxylic acids is 1. The summed E-state index contributed by atoms with van der Waals surface area (Å²) >= 11 is 5.79. The van der Waals surface area contributed by atoms with Crippen molar-refractivity contribution in [1.29, 1.82) is 0 Å². The van der Waals surface area contributed by atoms with Crippen LogP contribution in [0.4, 0.5) is 11.9 Å². The van der Waals surface area contributed by atoms with Gasteiger partial charge in [-0.1, -0.05) is 0 Å². The molecule has 1 atom stereocenters. The standard InChI is InChI=1S/C11H19ClN6O/c1-5-13-10-16-9(12)17-11(18-10)15-7(4)8(19)14-6(2)3/h6-7H,5H2,1-4H3,(H,14,19)(H2,13,15,16,17,18). The third-order valence-electron chi connectivity index (χ3n) is 2.11. The molecular weight excluding hydrogens is 268 g/mol. The van der Waals surface area contributed by atoms with Crippen molar-refractivity contribution < 1.29 is 4.79 Å². The Kier molecular flexibility index (Phi) is 5.75. The van der Waals surface area contributed by atoms with Crippen LogP contribution in [0.25, 0.3) is 0 Å². The van der Waals surface area contributed by atoms with Gasteiger partial charge >= 0.3 is 0 Å². The zero-order valence-corrected chi connectivity index (χ0v) is 12.2. The van der Waals surface area contributed by atoms with Crippen LogP contribution in [0.5, 0.6) is 0 Å². The van der Waals surface area contributed by atoms with Gasteiger partial charge < -0.3 is 16.0 Å². The summed E-state index contributed by atoms with van der Waals surface area (Å²) < 4.78 is 0. The van der Waals surface area contributed by atoms with Gasteiger partial charge in [-0.2, -0.15) is 15.0 Å². The van der Waals surface area contributed by atoms with Gasteiger partial charge in [0.25, 0.3) is 0 Å². The zero-order valence-electron chi connectivity index (χ0n) is 11.5.